The Bertz CT molecular complexity index is 2090. The summed E-state index contributed by atoms with van der Waals surface area (Å²) < 4.78 is 10.8. The summed E-state index contributed by atoms with van der Waals surface area (Å²) in [5.74, 6) is -2.48. The molecular weight excluding hydrogens is 639 g/mol. The normalized spacial score (nSPS) is 18.5. The van der Waals surface area contributed by atoms with Gasteiger partial charge in [0.05, 0.1) is 28.8 Å². The van der Waals surface area contributed by atoms with E-state index in [4.69, 9.17) is 9.47 Å². The monoisotopic (exact) mass is 665 g/mol. The number of thioether (sulfide) groups is 1. The zero-order valence-corrected chi connectivity index (χ0v) is 26.6. The van der Waals surface area contributed by atoms with Crippen LogP contribution in [0.15, 0.2) is 101 Å². The number of ether oxygens (including phenoxy) is 2. The van der Waals surface area contributed by atoms with Gasteiger partial charge in [0.2, 0.25) is 11.8 Å². The number of anilines is 2. The number of H-pyrrole nitrogens is 1. The molecule has 0 spiro atoms. The van der Waals surface area contributed by atoms with Crippen LogP contribution in [0.4, 0.5) is 11.4 Å². The summed E-state index contributed by atoms with van der Waals surface area (Å²) in [5, 5.41) is 4.75. The topological polar surface area (TPSA) is 135 Å². The van der Waals surface area contributed by atoms with E-state index in [0.717, 1.165) is 32.6 Å². The standard InChI is InChI=1S/C35H27N3O7S2/c1-2-44-34(42)21-8-13-24(14-9-21)38-32(40)28-27(29-31(37-35(43)47-29)46-30(28)33(38)41)20-10-15-25(16-11-20)45-18-26(39)36-23-12-7-19-5-3-4-6-22(19)17-23/h3-17,27-28,30H,2,18H2,1H3,(H,36,39)(H,37,43)/t27-,28-,30+/m0/s1. The van der Waals surface area contributed by atoms with Gasteiger partial charge in [-0.15, -0.1) is 0 Å². The molecular formula is C35H27N3O7S2. The van der Waals surface area contributed by atoms with Crippen LogP contribution < -0.4 is 19.8 Å². The first kappa shape index (κ1) is 30.5. The van der Waals surface area contributed by atoms with Crippen molar-refractivity contribution in [1.29, 1.82) is 0 Å². The van der Waals surface area contributed by atoms with Crippen LogP contribution in [0.3, 0.4) is 0 Å². The van der Waals surface area contributed by atoms with Crippen LogP contribution in [-0.4, -0.2) is 47.1 Å². The van der Waals surface area contributed by atoms with Crippen LogP contribution in [0, 0.1) is 5.92 Å². The number of carbonyl (C=O) groups excluding carboxylic acids is 4. The van der Waals surface area contributed by atoms with Crippen molar-refractivity contribution in [3.8, 4) is 5.75 Å². The first-order valence-electron chi connectivity index (χ1n) is 14.9. The molecule has 1 saturated heterocycles. The number of benzene rings is 4. The van der Waals surface area contributed by atoms with Crippen LogP contribution >= 0.6 is 23.1 Å². The Balaban J connectivity index is 1.09. The molecule has 1 aromatic heterocycles. The molecule has 236 valence electrons. The van der Waals surface area contributed by atoms with Crippen molar-refractivity contribution < 1.29 is 28.7 Å². The summed E-state index contributed by atoms with van der Waals surface area (Å²) in [6.45, 7) is 1.73. The van der Waals surface area contributed by atoms with Gasteiger partial charge in [0.15, 0.2) is 6.61 Å². The van der Waals surface area contributed by atoms with Crippen LogP contribution in [0.25, 0.3) is 10.8 Å². The summed E-state index contributed by atoms with van der Waals surface area (Å²) in [5.41, 5.74) is 2.06. The number of fused-ring (bicyclic) bond motifs is 3. The highest BCUT2D eigenvalue weighted by Crippen LogP contribution is 2.53. The van der Waals surface area contributed by atoms with Crippen LogP contribution in [0.5, 0.6) is 5.75 Å². The lowest BCUT2D eigenvalue weighted by Crippen LogP contribution is -2.32. The van der Waals surface area contributed by atoms with Crippen LogP contribution in [0.1, 0.15) is 33.6 Å². The van der Waals surface area contributed by atoms with Gasteiger partial charge < -0.3 is 19.8 Å². The van der Waals surface area contributed by atoms with Crippen LogP contribution in [0.2, 0.25) is 0 Å². The Labute approximate surface area is 276 Å². The minimum atomic E-state index is -0.768. The molecule has 0 saturated carbocycles. The molecule has 47 heavy (non-hydrogen) atoms. The summed E-state index contributed by atoms with van der Waals surface area (Å²) in [6.07, 6.45) is 0. The quantitative estimate of drug-likeness (QED) is 0.162. The maximum absolute atomic E-state index is 14.0. The van der Waals surface area contributed by atoms with Gasteiger partial charge in [-0.1, -0.05) is 65.6 Å². The van der Waals surface area contributed by atoms with E-state index in [1.807, 2.05) is 42.5 Å². The lowest BCUT2D eigenvalue weighted by Gasteiger charge is -2.29. The molecule has 0 bridgehead atoms. The molecule has 5 aromatic rings. The van der Waals surface area contributed by atoms with Gasteiger partial charge in [0.1, 0.15) is 11.0 Å². The molecule has 10 nitrogen and oxygen atoms in total. The largest absolute Gasteiger partial charge is 0.484 e. The number of esters is 1. The van der Waals surface area contributed by atoms with E-state index in [-0.39, 0.29) is 24.0 Å². The molecule has 3 heterocycles. The van der Waals surface area contributed by atoms with E-state index in [0.29, 0.717) is 32.6 Å². The molecule has 12 heteroatoms. The van der Waals surface area contributed by atoms with Crippen molar-refractivity contribution in [1.82, 2.24) is 4.98 Å². The Hall–Kier alpha value is -5.20. The highest BCUT2D eigenvalue weighted by Gasteiger charge is 2.56. The van der Waals surface area contributed by atoms with Gasteiger partial charge in [-0.2, -0.15) is 0 Å². The van der Waals surface area contributed by atoms with Gasteiger partial charge in [-0.05, 0) is 71.8 Å². The number of aromatic amines is 1. The SMILES string of the molecule is CCOC(=O)c1ccc(N2C(=O)[C@H]3[C@H](c4ccc(OCC(=O)Nc5ccc6ccccc6c5)cc4)c4sc(=O)[nH]c4S[C@H]3C2=O)cc1. The van der Waals surface area contributed by atoms with Gasteiger partial charge >= 0.3 is 10.8 Å². The van der Waals surface area contributed by atoms with Gasteiger partial charge in [-0.25, -0.2) is 9.69 Å². The Kier molecular flexibility index (Phi) is 8.12. The molecule has 2 N–H and O–H groups in total. The minimum absolute atomic E-state index is 0.211. The van der Waals surface area contributed by atoms with E-state index in [2.05, 4.69) is 10.3 Å². The summed E-state index contributed by atoms with van der Waals surface area (Å²) in [4.78, 5) is 69.3. The average Bonchev–Trinajstić information content (AvgIpc) is 3.58. The summed E-state index contributed by atoms with van der Waals surface area (Å²) in [7, 11) is 0. The second kappa shape index (κ2) is 12.5. The fourth-order valence-electron chi connectivity index (χ4n) is 5.98. The van der Waals surface area contributed by atoms with Crippen molar-refractivity contribution in [2.24, 2.45) is 5.92 Å². The van der Waals surface area contributed by atoms with E-state index >= 15 is 0 Å². The van der Waals surface area contributed by atoms with Crippen molar-refractivity contribution in [2.75, 3.05) is 23.4 Å². The lowest BCUT2D eigenvalue weighted by molar-refractivity contribution is -0.122. The van der Waals surface area contributed by atoms with Gasteiger partial charge in [0, 0.05) is 16.5 Å². The number of nitrogens with one attached hydrogen (secondary N) is 2. The Morgan fingerprint density at radius 2 is 1.64 bits per heavy atom. The molecule has 7 rings (SSSR count). The van der Waals surface area contributed by atoms with E-state index in [1.165, 1.54) is 23.9 Å². The third-order valence-corrected chi connectivity index (χ3v) is 10.5. The zero-order valence-electron chi connectivity index (χ0n) is 24.9. The molecule has 1 fully saturated rings. The molecule has 3 atom stereocenters. The van der Waals surface area contributed by atoms with Crippen molar-refractivity contribution >= 4 is 68.9 Å². The number of hydrogen-bond donors (Lipinski definition) is 2. The van der Waals surface area contributed by atoms with E-state index in [9.17, 15) is 24.0 Å². The number of hydrogen-bond acceptors (Lipinski definition) is 9. The number of aromatic nitrogens is 1. The Morgan fingerprint density at radius 1 is 0.894 bits per heavy atom. The fourth-order valence-corrected chi connectivity index (χ4v) is 8.49. The second-order valence-corrected chi connectivity index (χ2v) is 13.2. The number of amides is 3. The predicted octanol–water partition coefficient (Wildman–Crippen LogP) is 5.58. The fraction of sp³-hybridized carbons (Fsp3) is 0.171. The number of nitrogens with zero attached hydrogens (tertiary/aromatic N) is 1. The van der Waals surface area contributed by atoms with Gasteiger partial charge in [-0.3, -0.25) is 19.2 Å². The molecule has 2 aliphatic rings. The van der Waals surface area contributed by atoms with Crippen molar-refractivity contribution in [3.63, 3.8) is 0 Å². The molecule has 0 unspecified atom stereocenters. The average molecular weight is 666 g/mol. The number of carbonyl (C=O) groups is 4. The highest BCUT2D eigenvalue weighted by atomic mass is 32.2. The predicted molar refractivity (Wildman–Crippen MR) is 179 cm³/mol. The minimum Gasteiger partial charge on any atom is -0.484 e. The maximum atomic E-state index is 14.0. The first-order chi connectivity index (χ1) is 22.8. The molecule has 0 radical (unpaired) electrons. The number of imide groups is 1. The zero-order chi connectivity index (χ0) is 32.7. The smallest absolute Gasteiger partial charge is 0.338 e. The summed E-state index contributed by atoms with van der Waals surface area (Å²) in [6, 6.07) is 26.7. The van der Waals surface area contributed by atoms with Crippen molar-refractivity contribution in [2.45, 2.75) is 23.1 Å². The van der Waals surface area contributed by atoms with Gasteiger partial charge in [0.25, 0.3) is 5.91 Å². The molecule has 0 aliphatic carbocycles. The lowest BCUT2D eigenvalue weighted by atomic mass is 9.83. The third-order valence-electron chi connectivity index (χ3n) is 8.10. The number of thiazole rings is 1. The second-order valence-electron chi connectivity index (χ2n) is 11.0. The maximum Gasteiger partial charge on any atom is 0.338 e. The highest BCUT2D eigenvalue weighted by molar-refractivity contribution is 8.00. The first-order valence-corrected chi connectivity index (χ1v) is 16.6. The Morgan fingerprint density at radius 3 is 2.38 bits per heavy atom. The van der Waals surface area contributed by atoms with E-state index < -0.39 is 34.9 Å². The number of rotatable bonds is 8. The van der Waals surface area contributed by atoms with Crippen molar-refractivity contribution in [3.05, 3.63) is 117 Å². The van der Waals surface area contributed by atoms with Crippen LogP contribution in [-0.2, 0) is 19.1 Å². The summed E-state index contributed by atoms with van der Waals surface area (Å²) >= 11 is 2.21. The molecule has 4 aromatic carbocycles. The third kappa shape index (κ3) is 5.81. The van der Waals surface area contributed by atoms with E-state index in [1.54, 1.807) is 43.3 Å². The molecule has 2 aliphatic heterocycles. The molecule has 3 amide bonds.